The molecule has 17 heavy (non-hydrogen) atoms. The summed E-state index contributed by atoms with van der Waals surface area (Å²) < 4.78 is 5.53. The molecule has 0 spiro atoms. The molecular weight excluding hydrogens is 234 g/mol. The van der Waals surface area contributed by atoms with Gasteiger partial charge in [-0.1, -0.05) is 30.5 Å². The Kier molecular flexibility index (Phi) is 4.30. The maximum Gasteiger partial charge on any atom is 0.0772 e. The molecule has 94 valence electrons. The van der Waals surface area contributed by atoms with Crippen molar-refractivity contribution < 1.29 is 4.74 Å². The molecule has 1 aromatic rings. The lowest BCUT2D eigenvalue weighted by molar-refractivity contribution is 0.0606. The minimum absolute atomic E-state index is 0.307. The molecule has 1 aliphatic rings. The number of ether oxygens (including phenoxy) is 1. The highest BCUT2D eigenvalue weighted by atomic mass is 35.5. The minimum Gasteiger partial charge on any atom is -0.379 e. The number of nitrogens with one attached hydrogen (secondary N) is 1. The van der Waals surface area contributed by atoms with Crippen LogP contribution in [-0.2, 0) is 4.74 Å². The number of hydrogen-bond acceptors (Lipinski definition) is 2. The lowest BCUT2D eigenvalue weighted by atomic mass is 9.92. The van der Waals surface area contributed by atoms with E-state index >= 15 is 0 Å². The predicted octanol–water partition coefficient (Wildman–Crippen LogP) is 4.02. The smallest absolute Gasteiger partial charge is 0.0772 e. The number of halogens is 1. The quantitative estimate of drug-likeness (QED) is 0.879. The topological polar surface area (TPSA) is 21.3 Å². The van der Waals surface area contributed by atoms with E-state index in [1.165, 1.54) is 18.4 Å². The van der Waals surface area contributed by atoms with Crippen molar-refractivity contribution in [2.24, 2.45) is 0 Å². The van der Waals surface area contributed by atoms with E-state index < -0.39 is 0 Å². The third kappa shape index (κ3) is 3.14. The number of methoxy groups -OCH3 is 1. The Balaban J connectivity index is 2.08. The van der Waals surface area contributed by atoms with Gasteiger partial charge in [-0.3, -0.25) is 0 Å². The molecule has 2 atom stereocenters. The Morgan fingerprint density at radius 2 is 2.06 bits per heavy atom. The highest BCUT2D eigenvalue weighted by Gasteiger charge is 2.25. The summed E-state index contributed by atoms with van der Waals surface area (Å²) in [4.78, 5) is 0. The maximum absolute atomic E-state index is 6.24. The van der Waals surface area contributed by atoms with Crippen LogP contribution in [0.4, 0.5) is 5.69 Å². The van der Waals surface area contributed by atoms with Crippen LogP contribution in [0.2, 0.25) is 5.02 Å². The molecule has 3 heteroatoms. The van der Waals surface area contributed by atoms with Crippen LogP contribution in [0.25, 0.3) is 0 Å². The normalized spacial score (nSPS) is 24.6. The van der Waals surface area contributed by atoms with Gasteiger partial charge in [0.15, 0.2) is 0 Å². The Labute approximate surface area is 108 Å². The second kappa shape index (κ2) is 5.74. The van der Waals surface area contributed by atoms with E-state index in [1.807, 2.05) is 13.0 Å². The van der Waals surface area contributed by atoms with E-state index in [9.17, 15) is 0 Å². The van der Waals surface area contributed by atoms with Gasteiger partial charge in [0.25, 0.3) is 0 Å². The molecular formula is C14H20ClNO. The highest BCUT2D eigenvalue weighted by Crippen LogP contribution is 2.28. The second-order valence-electron chi connectivity index (χ2n) is 4.79. The fraction of sp³-hybridized carbons (Fsp3) is 0.571. The molecule has 1 aliphatic carbocycles. The number of benzene rings is 1. The van der Waals surface area contributed by atoms with Crippen molar-refractivity contribution in [1.82, 2.24) is 0 Å². The Morgan fingerprint density at radius 3 is 2.76 bits per heavy atom. The summed E-state index contributed by atoms with van der Waals surface area (Å²) in [6.07, 6.45) is 5.13. The van der Waals surface area contributed by atoms with Gasteiger partial charge in [-0.05, 0) is 37.5 Å². The largest absolute Gasteiger partial charge is 0.379 e. The molecule has 2 nitrogen and oxygen atoms in total. The SMILES string of the molecule is COC1CCCCC1Nc1ccc(C)cc1Cl. The van der Waals surface area contributed by atoms with Gasteiger partial charge in [0.05, 0.1) is 22.9 Å². The van der Waals surface area contributed by atoms with Crippen molar-refractivity contribution in [2.45, 2.75) is 44.8 Å². The molecule has 1 fully saturated rings. The molecule has 2 unspecified atom stereocenters. The van der Waals surface area contributed by atoms with Crippen LogP contribution in [0.15, 0.2) is 18.2 Å². The molecule has 1 aromatic carbocycles. The first-order chi connectivity index (χ1) is 8.20. The van der Waals surface area contributed by atoms with Gasteiger partial charge in [0.2, 0.25) is 0 Å². The second-order valence-corrected chi connectivity index (χ2v) is 5.20. The van der Waals surface area contributed by atoms with Gasteiger partial charge in [-0.25, -0.2) is 0 Å². The van der Waals surface area contributed by atoms with Gasteiger partial charge in [-0.15, -0.1) is 0 Å². The number of anilines is 1. The monoisotopic (exact) mass is 253 g/mol. The molecule has 0 radical (unpaired) electrons. The van der Waals surface area contributed by atoms with E-state index in [4.69, 9.17) is 16.3 Å². The van der Waals surface area contributed by atoms with Crippen molar-refractivity contribution in [3.63, 3.8) is 0 Å². The van der Waals surface area contributed by atoms with Crippen LogP contribution in [0.5, 0.6) is 0 Å². The summed E-state index contributed by atoms with van der Waals surface area (Å²) in [6.45, 7) is 2.05. The minimum atomic E-state index is 0.307. The predicted molar refractivity (Wildman–Crippen MR) is 72.9 cm³/mol. The van der Waals surface area contributed by atoms with Crippen LogP contribution in [0.3, 0.4) is 0 Å². The van der Waals surface area contributed by atoms with E-state index in [-0.39, 0.29) is 0 Å². The van der Waals surface area contributed by atoms with Crippen LogP contribution in [0.1, 0.15) is 31.2 Å². The molecule has 2 rings (SSSR count). The molecule has 0 aliphatic heterocycles. The van der Waals surface area contributed by atoms with Crippen molar-refractivity contribution in [1.29, 1.82) is 0 Å². The molecule has 1 N–H and O–H groups in total. The molecule has 0 heterocycles. The van der Waals surface area contributed by atoms with Gasteiger partial charge >= 0.3 is 0 Å². The first kappa shape index (κ1) is 12.7. The molecule has 0 amide bonds. The fourth-order valence-corrected chi connectivity index (χ4v) is 2.77. The van der Waals surface area contributed by atoms with Crippen molar-refractivity contribution in [2.75, 3.05) is 12.4 Å². The molecule has 0 bridgehead atoms. The third-order valence-electron chi connectivity index (χ3n) is 3.47. The zero-order valence-electron chi connectivity index (χ0n) is 10.5. The first-order valence-electron chi connectivity index (χ1n) is 6.26. The Bertz CT molecular complexity index is 380. The van der Waals surface area contributed by atoms with E-state index in [0.717, 1.165) is 23.6 Å². The lowest BCUT2D eigenvalue weighted by Gasteiger charge is -2.32. The van der Waals surface area contributed by atoms with E-state index in [2.05, 4.69) is 17.4 Å². The van der Waals surface area contributed by atoms with Gasteiger partial charge < -0.3 is 10.1 Å². The van der Waals surface area contributed by atoms with Gasteiger partial charge in [-0.2, -0.15) is 0 Å². The summed E-state index contributed by atoms with van der Waals surface area (Å²) >= 11 is 6.24. The third-order valence-corrected chi connectivity index (χ3v) is 3.78. The summed E-state index contributed by atoms with van der Waals surface area (Å²) in [7, 11) is 1.79. The molecule has 1 saturated carbocycles. The highest BCUT2D eigenvalue weighted by molar-refractivity contribution is 6.33. The van der Waals surface area contributed by atoms with Crippen LogP contribution in [0, 0.1) is 6.92 Å². The van der Waals surface area contributed by atoms with Gasteiger partial charge in [0, 0.05) is 7.11 Å². The zero-order valence-corrected chi connectivity index (χ0v) is 11.3. The van der Waals surface area contributed by atoms with Crippen LogP contribution >= 0.6 is 11.6 Å². The standard InChI is InChI=1S/C14H20ClNO/c1-10-7-8-12(11(15)9-10)16-13-5-3-4-6-14(13)17-2/h7-9,13-14,16H,3-6H2,1-2H3. The van der Waals surface area contributed by atoms with Crippen LogP contribution in [-0.4, -0.2) is 19.3 Å². The number of aryl methyl sites for hydroxylation is 1. The Morgan fingerprint density at radius 1 is 1.29 bits per heavy atom. The average Bonchev–Trinajstić information content (AvgIpc) is 2.33. The molecule has 0 saturated heterocycles. The zero-order chi connectivity index (χ0) is 12.3. The van der Waals surface area contributed by atoms with Crippen molar-refractivity contribution in [3.8, 4) is 0 Å². The van der Waals surface area contributed by atoms with E-state index in [0.29, 0.717) is 12.1 Å². The number of rotatable bonds is 3. The maximum atomic E-state index is 6.24. The average molecular weight is 254 g/mol. The van der Waals surface area contributed by atoms with Gasteiger partial charge in [0.1, 0.15) is 0 Å². The summed E-state index contributed by atoms with van der Waals surface area (Å²) in [5.41, 5.74) is 2.21. The fourth-order valence-electron chi connectivity index (χ4n) is 2.48. The lowest BCUT2D eigenvalue weighted by Crippen LogP contribution is -2.37. The van der Waals surface area contributed by atoms with Crippen LogP contribution < -0.4 is 5.32 Å². The first-order valence-corrected chi connectivity index (χ1v) is 6.64. The Hall–Kier alpha value is -0.730. The van der Waals surface area contributed by atoms with E-state index in [1.54, 1.807) is 7.11 Å². The van der Waals surface area contributed by atoms with Crippen molar-refractivity contribution in [3.05, 3.63) is 28.8 Å². The summed E-state index contributed by atoms with van der Waals surface area (Å²) in [6, 6.07) is 6.51. The van der Waals surface area contributed by atoms with Crippen molar-refractivity contribution >= 4 is 17.3 Å². The summed E-state index contributed by atoms with van der Waals surface area (Å²) in [5, 5.41) is 4.32. The summed E-state index contributed by atoms with van der Waals surface area (Å²) in [5.74, 6) is 0. The molecule has 0 aromatic heterocycles. The number of hydrogen-bond donors (Lipinski definition) is 1.